The third-order valence-corrected chi connectivity index (χ3v) is 3.08. The van der Waals surface area contributed by atoms with E-state index in [9.17, 15) is 5.11 Å². The van der Waals surface area contributed by atoms with Crippen molar-refractivity contribution >= 4 is 16.7 Å². The highest BCUT2D eigenvalue weighted by Crippen LogP contribution is 2.32. The van der Waals surface area contributed by atoms with Gasteiger partial charge >= 0.3 is 0 Å². The second-order valence-corrected chi connectivity index (χ2v) is 4.25. The number of H-pyrrole nitrogens is 1. The van der Waals surface area contributed by atoms with Gasteiger partial charge in [0.1, 0.15) is 5.65 Å². The number of aromatic nitrogens is 2. The number of pyridine rings is 1. The molecule has 0 saturated carbocycles. The molecule has 2 aromatic heterocycles. The van der Waals surface area contributed by atoms with Crippen LogP contribution < -0.4 is 10.5 Å². The maximum Gasteiger partial charge on any atom is 0.161 e. The quantitative estimate of drug-likeness (QED) is 0.657. The Hall–Kier alpha value is -2.69. The average Bonchev–Trinajstić information content (AvgIpc) is 2.80. The number of phenols is 1. The van der Waals surface area contributed by atoms with Gasteiger partial charge in [0.2, 0.25) is 0 Å². The Morgan fingerprint density at radius 2 is 2.11 bits per heavy atom. The lowest BCUT2D eigenvalue weighted by Gasteiger charge is -2.07. The fourth-order valence-electron chi connectivity index (χ4n) is 2.04. The summed E-state index contributed by atoms with van der Waals surface area (Å²) in [7, 11) is 1.52. The molecule has 0 atom stereocenters. The van der Waals surface area contributed by atoms with Gasteiger partial charge in [-0.05, 0) is 23.8 Å². The fourth-order valence-corrected chi connectivity index (χ4v) is 2.04. The van der Waals surface area contributed by atoms with Gasteiger partial charge in [0.25, 0.3) is 0 Å². The van der Waals surface area contributed by atoms with Crippen LogP contribution in [0.25, 0.3) is 22.2 Å². The molecule has 3 aromatic rings. The normalized spacial score (nSPS) is 10.8. The molecule has 19 heavy (non-hydrogen) atoms. The maximum atomic E-state index is 9.60. The smallest absolute Gasteiger partial charge is 0.161 e. The first-order valence-electron chi connectivity index (χ1n) is 5.79. The van der Waals surface area contributed by atoms with Crippen LogP contribution in [0.15, 0.2) is 36.7 Å². The van der Waals surface area contributed by atoms with Crippen LogP contribution in [0.3, 0.4) is 0 Å². The summed E-state index contributed by atoms with van der Waals surface area (Å²) in [6, 6.07) is 7.13. The van der Waals surface area contributed by atoms with Crippen LogP contribution in [-0.4, -0.2) is 22.2 Å². The van der Waals surface area contributed by atoms with E-state index < -0.39 is 0 Å². The molecule has 0 unspecified atom stereocenters. The fraction of sp³-hybridized carbons (Fsp3) is 0.0714. The van der Waals surface area contributed by atoms with Crippen LogP contribution in [-0.2, 0) is 0 Å². The number of hydrogen-bond acceptors (Lipinski definition) is 4. The number of nitrogens with one attached hydrogen (secondary N) is 1. The SMILES string of the molecule is COc1cc(-c2cnc3[nH]cc(N)c3c2)ccc1O. The summed E-state index contributed by atoms with van der Waals surface area (Å²) in [5.74, 6) is 0.543. The molecule has 2 heterocycles. The summed E-state index contributed by atoms with van der Waals surface area (Å²) in [6.45, 7) is 0. The lowest BCUT2D eigenvalue weighted by molar-refractivity contribution is 0.373. The van der Waals surface area contributed by atoms with Crippen molar-refractivity contribution in [1.82, 2.24) is 9.97 Å². The van der Waals surface area contributed by atoms with Gasteiger partial charge < -0.3 is 20.6 Å². The first kappa shape index (κ1) is 11.4. The summed E-state index contributed by atoms with van der Waals surface area (Å²) < 4.78 is 5.10. The highest BCUT2D eigenvalue weighted by atomic mass is 16.5. The topological polar surface area (TPSA) is 84.2 Å². The predicted molar refractivity (Wildman–Crippen MR) is 74.2 cm³/mol. The summed E-state index contributed by atoms with van der Waals surface area (Å²) in [4.78, 5) is 7.31. The molecule has 0 saturated heterocycles. The van der Waals surface area contributed by atoms with Crippen LogP contribution in [0.5, 0.6) is 11.5 Å². The molecule has 0 aliphatic rings. The van der Waals surface area contributed by atoms with Gasteiger partial charge in [-0.1, -0.05) is 6.07 Å². The Morgan fingerprint density at radius 3 is 2.89 bits per heavy atom. The Bertz CT molecular complexity index is 750. The third-order valence-electron chi connectivity index (χ3n) is 3.08. The van der Waals surface area contributed by atoms with Crippen LogP contribution in [0, 0.1) is 0 Å². The van der Waals surface area contributed by atoms with E-state index in [4.69, 9.17) is 10.5 Å². The number of ether oxygens (including phenoxy) is 1. The van der Waals surface area contributed by atoms with Crippen molar-refractivity contribution in [3.8, 4) is 22.6 Å². The van der Waals surface area contributed by atoms with Gasteiger partial charge in [0.15, 0.2) is 11.5 Å². The number of nitrogen functional groups attached to an aromatic ring is 1. The van der Waals surface area contributed by atoms with Crippen molar-refractivity contribution in [1.29, 1.82) is 0 Å². The van der Waals surface area contributed by atoms with Crippen LogP contribution in [0.2, 0.25) is 0 Å². The first-order chi connectivity index (χ1) is 9.19. The zero-order chi connectivity index (χ0) is 13.4. The second-order valence-electron chi connectivity index (χ2n) is 4.25. The van der Waals surface area contributed by atoms with Crippen molar-refractivity contribution in [2.24, 2.45) is 0 Å². The number of anilines is 1. The summed E-state index contributed by atoms with van der Waals surface area (Å²) in [5.41, 5.74) is 9.11. The Morgan fingerprint density at radius 1 is 1.26 bits per heavy atom. The molecule has 0 aliphatic carbocycles. The van der Waals surface area contributed by atoms with Crippen molar-refractivity contribution < 1.29 is 9.84 Å². The molecule has 96 valence electrons. The van der Waals surface area contributed by atoms with Crippen molar-refractivity contribution in [3.63, 3.8) is 0 Å². The molecular formula is C14H13N3O2. The minimum atomic E-state index is 0.112. The van der Waals surface area contributed by atoms with Gasteiger partial charge in [0, 0.05) is 23.3 Å². The summed E-state index contributed by atoms with van der Waals surface area (Å²) in [6.07, 6.45) is 3.48. The van der Waals surface area contributed by atoms with E-state index in [1.807, 2.05) is 12.1 Å². The van der Waals surface area contributed by atoms with Crippen molar-refractivity contribution in [2.45, 2.75) is 0 Å². The van der Waals surface area contributed by atoms with Gasteiger partial charge in [-0.3, -0.25) is 0 Å². The number of hydrogen-bond donors (Lipinski definition) is 3. The number of benzene rings is 1. The molecule has 0 fully saturated rings. The lowest BCUT2D eigenvalue weighted by Crippen LogP contribution is -1.87. The number of rotatable bonds is 2. The number of fused-ring (bicyclic) bond motifs is 1. The number of phenolic OH excluding ortho intramolecular Hbond substituents is 1. The largest absolute Gasteiger partial charge is 0.504 e. The highest BCUT2D eigenvalue weighted by Gasteiger charge is 2.07. The molecule has 0 aliphatic heterocycles. The van der Waals surface area contributed by atoms with Crippen LogP contribution in [0.1, 0.15) is 0 Å². The molecular weight excluding hydrogens is 242 g/mol. The number of nitrogens with zero attached hydrogens (tertiary/aromatic N) is 1. The van der Waals surface area contributed by atoms with E-state index in [1.54, 1.807) is 24.5 Å². The van der Waals surface area contributed by atoms with Gasteiger partial charge in [0.05, 0.1) is 12.8 Å². The maximum absolute atomic E-state index is 9.60. The van der Waals surface area contributed by atoms with E-state index in [1.165, 1.54) is 7.11 Å². The molecule has 1 aromatic carbocycles. The van der Waals surface area contributed by atoms with Crippen molar-refractivity contribution in [3.05, 3.63) is 36.7 Å². The second kappa shape index (κ2) is 4.20. The molecule has 4 N–H and O–H groups in total. The molecule has 0 bridgehead atoms. The number of methoxy groups -OCH3 is 1. The number of aromatic amines is 1. The van der Waals surface area contributed by atoms with E-state index in [2.05, 4.69) is 9.97 Å². The Balaban J connectivity index is 2.15. The highest BCUT2D eigenvalue weighted by molar-refractivity contribution is 5.91. The molecule has 5 nitrogen and oxygen atoms in total. The molecule has 0 amide bonds. The van der Waals surface area contributed by atoms with Gasteiger partial charge in [-0.25, -0.2) is 4.98 Å². The summed E-state index contributed by atoms with van der Waals surface area (Å²) >= 11 is 0. The minimum absolute atomic E-state index is 0.112. The number of nitrogens with two attached hydrogens (primary N) is 1. The third kappa shape index (κ3) is 1.85. The molecule has 0 radical (unpaired) electrons. The van der Waals surface area contributed by atoms with Crippen molar-refractivity contribution in [2.75, 3.05) is 12.8 Å². The monoisotopic (exact) mass is 255 g/mol. The zero-order valence-corrected chi connectivity index (χ0v) is 10.3. The van der Waals surface area contributed by atoms with Crippen LogP contribution >= 0.6 is 0 Å². The van der Waals surface area contributed by atoms with E-state index in [0.717, 1.165) is 22.2 Å². The predicted octanol–water partition coefficient (Wildman–Crippen LogP) is 2.53. The van der Waals surface area contributed by atoms with Gasteiger partial charge in [-0.2, -0.15) is 0 Å². The van der Waals surface area contributed by atoms with E-state index >= 15 is 0 Å². The van der Waals surface area contributed by atoms with E-state index in [-0.39, 0.29) is 5.75 Å². The average molecular weight is 255 g/mol. The summed E-state index contributed by atoms with van der Waals surface area (Å²) in [5, 5.41) is 10.5. The Kier molecular flexibility index (Phi) is 2.52. The molecule has 0 spiro atoms. The zero-order valence-electron chi connectivity index (χ0n) is 10.3. The number of aromatic hydroxyl groups is 1. The Labute approximate surface area is 109 Å². The lowest BCUT2D eigenvalue weighted by atomic mass is 10.1. The van der Waals surface area contributed by atoms with E-state index in [0.29, 0.717) is 11.4 Å². The molecule has 5 heteroatoms. The minimum Gasteiger partial charge on any atom is -0.504 e. The van der Waals surface area contributed by atoms with Gasteiger partial charge in [-0.15, -0.1) is 0 Å². The molecule has 3 rings (SSSR count). The van der Waals surface area contributed by atoms with Crippen LogP contribution in [0.4, 0.5) is 5.69 Å². The first-order valence-corrected chi connectivity index (χ1v) is 5.79. The standard InChI is InChI=1S/C14H13N3O2/c1-19-13-5-8(2-3-12(13)18)9-4-10-11(15)7-17-14(10)16-6-9/h2-7,18H,15H2,1H3,(H,16,17).